The van der Waals surface area contributed by atoms with Gasteiger partial charge in [-0.15, -0.1) is 0 Å². The average molecular weight is 269 g/mol. The first kappa shape index (κ1) is 14.6. The van der Waals surface area contributed by atoms with E-state index in [1.807, 2.05) is 25.7 Å². The minimum Gasteiger partial charge on any atom is -0.444 e. The van der Waals surface area contributed by atoms with Gasteiger partial charge in [0.15, 0.2) is 0 Å². The highest BCUT2D eigenvalue weighted by atomic mass is 16.6. The smallest absolute Gasteiger partial charge is 0.410 e. The van der Waals surface area contributed by atoms with Gasteiger partial charge in [0.1, 0.15) is 5.60 Å². The molecule has 0 aromatic carbocycles. The molecule has 2 saturated heterocycles. The van der Waals surface area contributed by atoms with Crippen molar-refractivity contribution in [1.29, 1.82) is 0 Å². The van der Waals surface area contributed by atoms with E-state index < -0.39 is 5.60 Å². The van der Waals surface area contributed by atoms with E-state index in [9.17, 15) is 4.79 Å². The maximum absolute atomic E-state index is 12.1. The van der Waals surface area contributed by atoms with Crippen LogP contribution in [0.4, 0.5) is 4.79 Å². The number of likely N-dealkylation sites (tertiary alicyclic amines) is 2. The third-order valence-corrected chi connectivity index (χ3v) is 4.14. The van der Waals surface area contributed by atoms with Crippen LogP contribution in [0, 0.1) is 0 Å². The summed E-state index contributed by atoms with van der Waals surface area (Å²) in [5.41, 5.74) is 5.57. The van der Waals surface area contributed by atoms with Gasteiger partial charge in [0.25, 0.3) is 0 Å². The lowest BCUT2D eigenvalue weighted by Crippen LogP contribution is -2.55. The summed E-state index contributed by atoms with van der Waals surface area (Å²) in [6.45, 7) is 10.00. The Morgan fingerprint density at radius 2 is 1.89 bits per heavy atom. The van der Waals surface area contributed by atoms with Crippen molar-refractivity contribution in [3.8, 4) is 0 Å². The number of nitrogens with two attached hydrogens (primary N) is 1. The van der Waals surface area contributed by atoms with Gasteiger partial charge >= 0.3 is 6.09 Å². The Kier molecular flexibility index (Phi) is 4.06. The fraction of sp³-hybridized carbons (Fsp3) is 0.929. The van der Waals surface area contributed by atoms with Crippen LogP contribution in [0.3, 0.4) is 0 Å². The fourth-order valence-electron chi connectivity index (χ4n) is 3.08. The summed E-state index contributed by atoms with van der Waals surface area (Å²) >= 11 is 0. The van der Waals surface area contributed by atoms with E-state index in [2.05, 4.69) is 4.90 Å². The van der Waals surface area contributed by atoms with Crippen molar-refractivity contribution >= 4 is 6.09 Å². The predicted molar refractivity (Wildman–Crippen MR) is 75.0 cm³/mol. The van der Waals surface area contributed by atoms with Gasteiger partial charge in [-0.05, 0) is 53.1 Å². The Balaban J connectivity index is 1.99. The first-order valence-corrected chi connectivity index (χ1v) is 7.29. The van der Waals surface area contributed by atoms with Crippen molar-refractivity contribution in [1.82, 2.24) is 9.80 Å². The van der Waals surface area contributed by atoms with E-state index in [0.29, 0.717) is 13.1 Å². The molecule has 2 aliphatic rings. The molecule has 0 saturated carbocycles. The zero-order chi connectivity index (χ0) is 14.1. The Morgan fingerprint density at radius 1 is 1.26 bits per heavy atom. The molecule has 0 radical (unpaired) electrons. The van der Waals surface area contributed by atoms with Crippen LogP contribution in [0.25, 0.3) is 0 Å². The van der Waals surface area contributed by atoms with Crippen molar-refractivity contribution in [2.75, 3.05) is 32.7 Å². The molecule has 0 aromatic heterocycles. The molecule has 5 heteroatoms. The van der Waals surface area contributed by atoms with E-state index in [1.54, 1.807) is 0 Å². The minimum absolute atomic E-state index is 0.0204. The molecule has 1 amide bonds. The first-order valence-electron chi connectivity index (χ1n) is 7.29. The summed E-state index contributed by atoms with van der Waals surface area (Å²) in [6.07, 6.45) is 3.24. The minimum atomic E-state index is -0.432. The SMILES string of the molecule is CC(C)(C)OC(=O)N1CCC(CN)(N2CCCC2)C1. The van der Waals surface area contributed by atoms with Gasteiger partial charge in [-0.1, -0.05) is 0 Å². The third-order valence-electron chi connectivity index (χ3n) is 4.14. The second kappa shape index (κ2) is 5.29. The van der Waals surface area contributed by atoms with Crippen molar-refractivity contribution < 1.29 is 9.53 Å². The van der Waals surface area contributed by atoms with Gasteiger partial charge in [0.2, 0.25) is 0 Å². The van der Waals surface area contributed by atoms with E-state index >= 15 is 0 Å². The molecule has 2 N–H and O–H groups in total. The summed E-state index contributed by atoms with van der Waals surface area (Å²) in [5.74, 6) is 0. The zero-order valence-electron chi connectivity index (χ0n) is 12.4. The maximum atomic E-state index is 12.1. The van der Waals surface area contributed by atoms with E-state index in [4.69, 9.17) is 10.5 Å². The Bertz CT molecular complexity index is 334. The molecule has 1 unspecified atom stereocenters. The van der Waals surface area contributed by atoms with Gasteiger partial charge in [-0.3, -0.25) is 4.90 Å². The number of nitrogens with zero attached hydrogens (tertiary/aromatic N) is 2. The lowest BCUT2D eigenvalue weighted by molar-refractivity contribution is 0.0253. The standard InChI is InChI=1S/C14H27N3O2/c1-13(2,3)19-12(18)16-9-6-14(10-15,11-16)17-7-4-5-8-17/h4-11,15H2,1-3H3. The molecule has 0 aromatic rings. The number of hydrogen-bond acceptors (Lipinski definition) is 4. The molecule has 5 nitrogen and oxygen atoms in total. The number of carbonyl (C=O) groups is 1. The molecule has 0 bridgehead atoms. The van der Waals surface area contributed by atoms with Crippen molar-refractivity contribution in [2.45, 2.75) is 51.2 Å². The first-order chi connectivity index (χ1) is 8.86. The van der Waals surface area contributed by atoms with Crippen LogP contribution in [0.1, 0.15) is 40.0 Å². The number of ether oxygens (including phenoxy) is 1. The van der Waals surface area contributed by atoms with Crippen molar-refractivity contribution in [3.05, 3.63) is 0 Å². The maximum Gasteiger partial charge on any atom is 0.410 e. The molecule has 0 aliphatic carbocycles. The van der Waals surface area contributed by atoms with Crippen molar-refractivity contribution in [3.63, 3.8) is 0 Å². The van der Waals surface area contributed by atoms with E-state index in [1.165, 1.54) is 12.8 Å². The van der Waals surface area contributed by atoms with Crippen LogP contribution < -0.4 is 5.73 Å². The average Bonchev–Trinajstić information content (AvgIpc) is 2.97. The Labute approximate surface area is 116 Å². The summed E-state index contributed by atoms with van der Waals surface area (Å²) in [6, 6.07) is 0. The van der Waals surface area contributed by atoms with Gasteiger partial charge in [-0.2, -0.15) is 0 Å². The van der Waals surface area contributed by atoms with Gasteiger partial charge < -0.3 is 15.4 Å². The topological polar surface area (TPSA) is 58.8 Å². The molecule has 0 spiro atoms. The number of hydrogen-bond donors (Lipinski definition) is 1. The molecule has 110 valence electrons. The van der Waals surface area contributed by atoms with Crippen LogP contribution in [-0.2, 0) is 4.74 Å². The fourth-order valence-corrected chi connectivity index (χ4v) is 3.08. The number of rotatable bonds is 2. The molecule has 2 heterocycles. The highest BCUT2D eigenvalue weighted by molar-refractivity contribution is 5.68. The van der Waals surface area contributed by atoms with Crippen LogP contribution in [0.5, 0.6) is 0 Å². The van der Waals surface area contributed by atoms with Crippen LogP contribution in [0.2, 0.25) is 0 Å². The van der Waals surface area contributed by atoms with E-state index in [-0.39, 0.29) is 11.6 Å². The molecular weight excluding hydrogens is 242 g/mol. The lowest BCUT2D eigenvalue weighted by atomic mass is 9.97. The third kappa shape index (κ3) is 3.20. The second-order valence-electron chi connectivity index (χ2n) is 6.77. The highest BCUT2D eigenvalue weighted by Crippen LogP contribution is 2.31. The number of carbonyl (C=O) groups excluding carboxylic acids is 1. The molecule has 19 heavy (non-hydrogen) atoms. The molecule has 1 atom stereocenters. The molecule has 2 fully saturated rings. The summed E-state index contributed by atoms with van der Waals surface area (Å²) in [7, 11) is 0. The Hall–Kier alpha value is -0.810. The lowest BCUT2D eigenvalue weighted by Gasteiger charge is -2.37. The monoisotopic (exact) mass is 269 g/mol. The molecule has 2 aliphatic heterocycles. The Morgan fingerprint density at radius 3 is 2.42 bits per heavy atom. The summed E-state index contributed by atoms with van der Waals surface area (Å²) in [4.78, 5) is 16.4. The normalized spacial score (nSPS) is 28.9. The van der Waals surface area contributed by atoms with Gasteiger partial charge in [0.05, 0.1) is 5.54 Å². The molecule has 2 rings (SSSR count). The van der Waals surface area contributed by atoms with Gasteiger partial charge in [-0.25, -0.2) is 4.79 Å². The number of amides is 1. The quantitative estimate of drug-likeness (QED) is 0.823. The van der Waals surface area contributed by atoms with Crippen LogP contribution in [0.15, 0.2) is 0 Å². The zero-order valence-corrected chi connectivity index (χ0v) is 12.4. The van der Waals surface area contributed by atoms with Gasteiger partial charge in [0, 0.05) is 19.6 Å². The van der Waals surface area contributed by atoms with E-state index in [0.717, 1.165) is 26.1 Å². The van der Waals surface area contributed by atoms with Crippen LogP contribution in [-0.4, -0.2) is 59.8 Å². The second-order valence-corrected chi connectivity index (χ2v) is 6.77. The predicted octanol–water partition coefficient (Wildman–Crippen LogP) is 1.42. The highest BCUT2D eigenvalue weighted by Gasteiger charge is 2.45. The molecular formula is C14H27N3O2. The van der Waals surface area contributed by atoms with Crippen LogP contribution >= 0.6 is 0 Å². The largest absolute Gasteiger partial charge is 0.444 e. The summed E-state index contributed by atoms with van der Waals surface area (Å²) < 4.78 is 5.45. The van der Waals surface area contributed by atoms with Crippen molar-refractivity contribution in [2.24, 2.45) is 5.73 Å². The summed E-state index contributed by atoms with van der Waals surface area (Å²) in [5, 5.41) is 0.